The van der Waals surface area contributed by atoms with Gasteiger partial charge in [-0.05, 0) is 35.8 Å². The van der Waals surface area contributed by atoms with E-state index in [-0.39, 0.29) is 16.4 Å². The average Bonchev–Trinajstić information content (AvgIpc) is 2.47. The molecule has 0 spiro atoms. The van der Waals surface area contributed by atoms with E-state index in [1.54, 1.807) is 24.3 Å². The van der Waals surface area contributed by atoms with E-state index >= 15 is 0 Å². The zero-order chi connectivity index (χ0) is 16.8. The molecule has 1 aromatic rings. The minimum Gasteiger partial charge on any atom is -0.299 e. The third kappa shape index (κ3) is 5.11. The van der Waals surface area contributed by atoms with E-state index in [2.05, 4.69) is 3.63 Å². The molecule has 22 heavy (non-hydrogen) atoms. The first-order valence-corrected chi connectivity index (χ1v) is 11.2. The summed E-state index contributed by atoms with van der Waals surface area (Å²) in [6.07, 6.45) is 1.28. The van der Waals surface area contributed by atoms with Crippen LogP contribution in [0.3, 0.4) is 0 Å². The Morgan fingerprint density at radius 1 is 1.05 bits per heavy atom. The van der Waals surface area contributed by atoms with Crippen molar-refractivity contribution in [1.82, 2.24) is 0 Å². The smallest absolute Gasteiger partial charge is 0.299 e. The van der Waals surface area contributed by atoms with Crippen molar-refractivity contribution in [2.24, 2.45) is 0 Å². The van der Waals surface area contributed by atoms with E-state index in [9.17, 15) is 13.2 Å². The van der Waals surface area contributed by atoms with Crippen molar-refractivity contribution >= 4 is 26.2 Å². The summed E-state index contributed by atoms with van der Waals surface area (Å²) in [4.78, 5) is 12.2. The molecule has 0 saturated heterocycles. The molecule has 0 saturated carbocycles. The minimum absolute atomic E-state index is 0.115. The van der Waals surface area contributed by atoms with E-state index in [4.69, 9.17) is 0 Å². The zero-order valence-corrected chi connectivity index (χ0v) is 15.5. The lowest BCUT2D eigenvalue weighted by Gasteiger charge is -2.31. The molecule has 6 heteroatoms. The quantitative estimate of drug-likeness (QED) is 0.502. The van der Waals surface area contributed by atoms with Crippen LogP contribution in [0.5, 0.6) is 0 Å². The monoisotopic (exact) mass is 347 g/mol. The van der Waals surface area contributed by atoms with Crippen LogP contribution in [-0.4, -0.2) is 35.1 Å². The van der Waals surface area contributed by atoms with Gasteiger partial charge in [0.15, 0.2) is 0 Å². The van der Waals surface area contributed by atoms with Crippen LogP contribution in [0.15, 0.2) is 29.2 Å². The Bertz CT molecular complexity index is 587. The molecule has 4 nitrogen and oxygen atoms in total. The van der Waals surface area contributed by atoms with E-state index < -0.39 is 20.4 Å². The fourth-order valence-electron chi connectivity index (χ4n) is 2.15. The number of benzene rings is 1. The molecule has 1 rings (SSSR count). The van der Waals surface area contributed by atoms with Gasteiger partial charge in [0.2, 0.25) is 0 Å². The van der Waals surface area contributed by atoms with Crippen molar-refractivity contribution in [3.8, 4) is 0 Å². The van der Waals surface area contributed by atoms with Gasteiger partial charge in [0.05, 0.1) is 5.75 Å². The molecule has 0 aliphatic rings. The molecular weight excluding hydrogens is 320 g/mol. The summed E-state index contributed by atoms with van der Waals surface area (Å²) in [6.45, 7) is 7.70. The van der Waals surface area contributed by atoms with Crippen molar-refractivity contribution in [1.29, 1.82) is 0 Å². The van der Waals surface area contributed by atoms with E-state index in [0.29, 0.717) is 17.9 Å². The predicted molar refractivity (Wildman–Crippen MR) is 94.4 cm³/mol. The molecule has 1 aromatic carbocycles. The SMILES string of the molecule is CCCC(=O)CS(CC)(CC)[OH+]S(=O)(=O)c1ccc(C)cc1. The number of ketones is 1. The molecule has 1 N–H and O–H groups in total. The van der Waals surface area contributed by atoms with Crippen LogP contribution in [0.25, 0.3) is 0 Å². The predicted octanol–water partition coefficient (Wildman–Crippen LogP) is 3.91. The topological polar surface area (TPSA) is 64.0 Å². The Kier molecular flexibility index (Phi) is 7.09. The lowest BCUT2D eigenvalue weighted by molar-refractivity contribution is -0.116. The number of carbonyl (C=O) groups excluding carboxylic acids is 1. The van der Waals surface area contributed by atoms with Crippen LogP contribution >= 0.6 is 10.3 Å². The first kappa shape index (κ1) is 19.2. The lowest BCUT2D eigenvalue weighted by Crippen LogP contribution is -2.26. The Morgan fingerprint density at radius 2 is 1.59 bits per heavy atom. The maximum atomic E-state index is 12.6. The maximum absolute atomic E-state index is 12.6. The van der Waals surface area contributed by atoms with E-state index in [1.165, 1.54) is 0 Å². The fraction of sp³-hybridized carbons (Fsp3) is 0.562. The second-order valence-corrected chi connectivity index (χ2v) is 10.8. The number of hydrogen-bond donors (Lipinski definition) is 0. The first-order chi connectivity index (χ1) is 10.3. The highest BCUT2D eigenvalue weighted by molar-refractivity contribution is 8.32. The Labute approximate surface area is 135 Å². The normalized spacial score (nSPS) is 13.1. The second-order valence-electron chi connectivity index (χ2n) is 5.37. The third-order valence-corrected chi connectivity index (χ3v) is 9.53. The Morgan fingerprint density at radius 3 is 2.05 bits per heavy atom. The molecule has 0 aliphatic carbocycles. The molecule has 0 heterocycles. The van der Waals surface area contributed by atoms with Crippen molar-refractivity contribution < 1.29 is 16.8 Å². The molecule has 0 bridgehead atoms. The van der Waals surface area contributed by atoms with Gasteiger partial charge in [0.25, 0.3) is 0 Å². The van der Waals surface area contributed by atoms with Crippen LogP contribution in [-0.2, 0) is 14.9 Å². The molecule has 0 amide bonds. The molecule has 0 fully saturated rings. The van der Waals surface area contributed by atoms with Crippen molar-refractivity contribution in [3.63, 3.8) is 0 Å². The third-order valence-electron chi connectivity index (χ3n) is 3.61. The fourth-order valence-corrected chi connectivity index (χ4v) is 7.26. The number of rotatable bonds is 9. The van der Waals surface area contributed by atoms with Gasteiger partial charge in [0, 0.05) is 17.9 Å². The summed E-state index contributed by atoms with van der Waals surface area (Å²) in [7, 11) is -5.53. The number of carbonyl (C=O) groups is 1. The van der Waals surface area contributed by atoms with Gasteiger partial charge in [0.1, 0.15) is 10.7 Å². The molecule has 0 aliphatic heterocycles. The van der Waals surface area contributed by atoms with Crippen LogP contribution in [0.4, 0.5) is 0 Å². The summed E-state index contributed by atoms with van der Waals surface area (Å²) < 4.78 is 29.4. The van der Waals surface area contributed by atoms with Gasteiger partial charge in [-0.2, -0.15) is 0 Å². The lowest BCUT2D eigenvalue weighted by atomic mass is 10.2. The number of Topliss-reactive ketones (excluding diaryl/α,β-unsaturated/α-hetero) is 1. The van der Waals surface area contributed by atoms with E-state index in [1.807, 2.05) is 27.7 Å². The number of aryl methyl sites for hydroxylation is 1. The van der Waals surface area contributed by atoms with Gasteiger partial charge in [-0.15, -0.1) is 8.42 Å². The molecule has 0 aromatic heterocycles. The summed E-state index contributed by atoms with van der Waals surface area (Å²) >= 11 is 0. The van der Waals surface area contributed by atoms with Gasteiger partial charge in [-0.1, -0.05) is 38.5 Å². The summed E-state index contributed by atoms with van der Waals surface area (Å²) in [6, 6.07) is 6.69. The van der Waals surface area contributed by atoms with Gasteiger partial charge in [-0.25, -0.2) is 0 Å². The van der Waals surface area contributed by atoms with Crippen molar-refractivity contribution in [2.75, 3.05) is 17.3 Å². The Hall–Kier alpha value is -0.850. The second kappa shape index (κ2) is 8.13. The van der Waals surface area contributed by atoms with E-state index in [0.717, 1.165) is 12.0 Å². The largest absolute Gasteiger partial charge is 0.421 e. The van der Waals surface area contributed by atoms with Crippen molar-refractivity contribution in [3.05, 3.63) is 29.8 Å². The highest BCUT2D eigenvalue weighted by Gasteiger charge is 2.36. The molecule has 0 unspecified atom stereocenters. The van der Waals surface area contributed by atoms with Crippen LogP contribution in [0, 0.1) is 6.92 Å². The van der Waals surface area contributed by atoms with Crippen LogP contribution in [0.2, 0.25) is 0 Å². The maximum Gasteiger partial charge on any atom is 0.421 e. The van der Waals surface area contributed by atoms with Crippen LogP contribution in [0.1, 0.15) is 39.2 Å². The molecular formula is C16H27O4S2+. The zero-order valence-electron chi connectivity index (χ0n) is 13.8. The molecule has 0 atom stereocenters. The van der Waals surface area contributed by atoms with Gasteiger partial charge >= 0.3 is 10.1 Å². The summed E-state index contributed by atoms with van der Waals surface area (Å²) in [5, 5.41) is 0. The average molecular weight is 348 g/mol. The summed E-state index contributed by atoms with van der Waals surface area (Å²) in [5.41, 5.74) is 1.00. The van der Waals surface area contributed by atoms with Gasteiger partial charge in [-0.3, -0.25) is 8.42 Å². The highest BCUT2D eigenvalue weighted by atomic mass is 32.3. The van der Waals surface area contributed by atoms with Gasteiger partial charge < -0.3 is 0 Å². The van der Waals surface area contributed by atoms with Crippen molar-refractivity contribution in [2.45, 2.75) is 45.4 Å². The van der Waals surface area contributed by atoms with Crippen LogP contribution < -0.4 is 0 Å². The minimum atomic E-state index is -3.71. The molecule has 126 valence electrons. The first-order valence-electron chi connectivity index (χ1n) is 7.62. The summed E-state index contributed by atoms with van der Waals surface area (Å²) in [5.74, 6) is 1.62. The standard InChI is InChI=1S/C16H26O4S2/c1-5-8-15(17)13-21(6-2,7-3)20-22(18,19)16-11-9-14(4)10-12-16/h9-12H,5-8,13H2,1-4H3/p+1. The highest BCUT2D eigenvalue weighted by Crippen LogP contribution is 2.48. The molecule has 0 radical (unpaired) electrons. The number of hydrogen-bond acceptors (Lipinski definition) is 3. The Balaban J connectivity index is 3.02.